The summed E-state index contributed by atoms with van der Waals surface area (Å²) in [6.07, 6.45) is 1.28. The number of aryl methyl sites for hydroxylation is 1. The maximum Gasteiger partial charge on any atom is 0.243 e. The van der Waals surface area contributed by atoms with Gasteiger partial charge >= 0.3 is 0 Å². The van der Waals surface area contributed by atoms with Crippen molar-refractivity contribution in [1.29, 1.82) is 0 Å². The summed E-state index contributed by atoms with van der Waals surface area (Å²) in [5, 5.41) is 0.410. The van der Waals surface area contributed by atoms with Crippen LogP contribution in [0.5, 0.6) is 0 Å². The predicted octanol–water partition coefficient (Wildman–Crippen LogP) is 2.18. The molecule has 7 heteroatoms. The SMILES string of the molecule is Cc1ccc(Cl)cc1S(=O)(=O)N(C)C1CCS(=O)CC1. The molecule has 20 heavy (non-hydrogen) atoms. The number of hydrogen-bond acceptors (Lipinski definition) is 3. The molecule has 0 unspecified atom stereocenters. The second kappa shape index (κ2) is 6.13. The molecule has 1 saturated heterocycles. The van der Waals surface area contributed by atoms with Crippen LogP contribution in [-0.4, -0.2) is 41.5 Å². The summed E-state index contributed by atoms with van der Waals surface area (Å²) in [5.74, 6) is 1.14. The van der Waals surface area contributed by atoms with Gasteiger partial charge in [0.25, 0.3) is 0 Å². The van der Waals surface area contributed by atoms with Crippen molar-refractivity contribution < 1.29 is 12.6 Å². The van der Waals surface area contributed by atoms with Crippen molar-refractivity contribution in [2.24, 2.45) is 0 Å². The molecule has 0 spiro atoms. The van der Waals surface area contributed by atoms with Gasteiger partial charge < -0.3 is 0 Å². The Morgan fingerprint density at radius 1 is 1.30 bits per heavy atom. The van der Waals surface area contributed by atoms with E-state index < -0.39 is 20.8 Å². The average Bonchev–Trinajstić information content (AvgIpc) is 2.41. The van der Waals surface area contributed by atoms with E-state index in [9.17, 15) is 12.6 Å². The van der Waals surface area contributed by atoms with Gasteiger partial charge in [0.2, 0.25) is 10.0 Å². The van der Waals surface area contributed by atoms with Crippen molar-refractivity contribution in [2.45, 2.75) is 30.7 Å². The summed E-state index contributed by atoms with van der Waals surface area (Å²) in [6.45, 7) is 1.76. The van der Waals surface area contributed by atoms with Gasteiger partial charge in [-0.25, -0.2) is 8.42 Å². The molecule has 2 rings (SSSR count). The fourth-order valence-electron chi connectivity index (χ4n) is 2.35. The van der Waals surface area contributed by atoms with Crippen LogP contribution < -0.4 is 0 Å². The summed E-state index contributed by atoms with van der Waals surface area (Å²) in [5.41, 5.74) is 0.681. The molecule has 4 nitrogen and oxygen atoms in total. The van der Waals surface area contributed by atoms with E-state index in [1.165, 1.54) is 10.4 Å². The van der Waals surface area contributed by atoms with Gasteiger partial charge in [0, 0.05) is 40.4 Å². The van der Waals surface area contributed by atoms with Gasteiger partial charge in [0.15, 0.2) is 0 Å². The van der Waals surface area contributed by atoms with E-state index in [1.54, 1.807) is 26.1 Å². The maximum absolute atomic E-state index is 12.7. The Morgan fingerprint density at radius 3 is 2.50 bits per heavy atom. The third-order valence-corrected chi connectivity index (χ3v) is 7.35. The van der Waals surface area contributed by atoms with Crippen LogP contribution in [0.25, 0.3) is 0 Å². The third-order valence-electron chi connectivity index (χ3n) is 3.68. The summed E-state index contributed by atoms with van der Waals surface area (Å²) in [4.78, 5) is 0.249. The zero-order valence-corrected chi connectivity index (χ0v) is 13.9. The van der Waals surface area contributed by atoms with Gasteiger partial charge in [0.05, 0.1) is 4.90 Å². The number of benzene rings is 1. The molecule has 0 aliphatic carbocycles. The lowest BCUT2D eigenvalue weighted by molar-refractivity contribution is 0.346. The quantitative estimate of drug-likeness (QED) is 0.850. The number of nitrogens with zero attached hydrogens (tertiary/aromatic N) is 1. The molecule has 1 heterocycles. The smallest absolute Gasteiger partial charge is 0.243 e. The Hall–Kier alpha value is -0.430. The van der Waals surface area contributed by atoms with E-state index in [2.05, 4.69) is 0 Å². The minimum Gasteiger partial charge on any atom is -0.260 e. The Morgan fingerprint density at radius 2 is 1.90 bits per heavy atom. The van der Waals surface area contributed by atoms with Crippen molar-refractivity contribution in [2.75, 3.05) is 18.6 Å². The Bertz CT molecular complexity index is 621. The van der Waals surface area contributed by atoms with Gasteiger partial charge in [-0.05, 0) is 37.5 Å². The van der Waals surface area contributed by atoms with Crippen LogP contribution in [0.15, 0.2) is 23.1 Å². The largest absolute Gasteiger partial charge is 0.260 e. The van der Waals surface area contributed by atoms with E-state index in [0.717, 1.165) is 0 Å². The zero-order valence-electron chi connectivity index (χ0n) is 11.5. The van der Waals surface area contributed by atoms with Crippen molar-refractivity contribution in [1.82, 2.24) is 4.31 Å². The molecular formula is C13H18ClNO3S2. The van der Waals surface area contributed by atoms with E-state index in [-0.39, 0.29) is 10.9 Å². The van der Waals surface area contributed by atoms with E-state index >= 15 is 0 Å². The number of rotatable bonds is 3. The molecule has 1 aliphatic rings. The van der Waals surface area contributed by atoms with Crippen molar-refractivity contribution in [3.8, 4) is 0 Å². The highest BCUT2D eigenvalue weighted by molar-refractivity contribution is 7.89. The molecule has 0 amide bonds. The normalized spacial score (nSPS) is 24.0. The third kappa shape index (κ3) is 3.24. The molecule has 0 radical (unpaired) electrons. The number of hydrogen-bond donors (Lipinski definition) is 0. The topological polar surface area (TPSA) is 54.5 Å². The first-order valence-corrected chi connectivity index (χ1v) is 9.72. The fourth-order valence-corrected chi connectivity index (χ4v) is 5.52. The summed E-state index contributed by atoms with van der Waals surface area (Å²) in [7, 11) is -2.77. The van der Waals surface area contributed by atoms with Crippen molar-refractivity contribution in [3.05, 3.63) is 28.8 Å². The molecule has 0 bridgehead atoms. The van der Waals surface area contributed by atoms with Crippen LogP contribution in [0, 0.1) is 6.92 Å². The summed E-state index contributed by atoms with van der Waals surface area (Å²) in [6, 6.07) is 4.79. The van der Waals surface area contributed by atoms with E-state index in [4.69, 9.17) is 11.6 Å². The Kier molecular flexibility index (Phi) is 4.89. The molecule has 0 atom stereocenters. The number of halogens is 1. The highest BCUT2D eigenvalue weighted by atomic mass is 35.5. The zero-order chi connectivity index (χ0) is 14.9. The van der Waals surface area contributed by atoms with Crippen LogP contribution in [0.3, 0.4) is 0 Å². The summed E-state index contributed by atoms with van der Waals surface area (Å²) >= 11 is 5.91. The average molecular weight is 336 g/mol. The van der Waals surface area contributed by atoms with Crippen molar-refractivity contribution in [3.63, 3.8) is 0 Å². The lowest BCUT2D eigenvalue weighted by Gasteiger charge is -2.30. The molecule has 1 aromatic carbocycles. The van der Waals surface area contributed by atoms with Gasteiger partial charge in [-0.15, -0.1) is 0 Å². The predicted molar refractivity (Wildman–Crippen MR) is 82.0 cm³/mol. The lowest BCUT2D eigenvalue weighted by atomic mass is 10.2. The van der Waals surface area contributed by atoms with Gasteiger partial charge in [-0.1, -0.05) is 17.7 Å². The minimum atomic E-state index is -3.56. The molecule has 1 aromatic rings. The van der Waals surface area contributed by atoms with Crippen LogP contribution in [-0.2, 0) is 20.8 Å². The molecule has 0 aromatic heterocycles. The molecule has 0 saturated carbocycles. The second-order valence-electron chi connectivity index (χ2n) is 5.01. The van der Waals surface area contributed by atoms with Gasteiger partial charge in [0.1, 0.15) is 0 Å². The van der Waals surface area contributed by atoms with E-state index in [0.29, 0.717) is 34.9 Å². The van der Waals surface area contributed by atoms with Crippen LogP contribution >= 0.6 is 11.6 Å². The van der Waals surface area contributed by atoms with Gasteiger partial charge in [-0.3, -0.25) is 4.21 Å². The first-order chi connectivity index (χ1) is 9.32. The monoisotopic (exact) mass is 335 g/mol. The molecule has 1 fully saturated rings. The maximum atomic E-state index is 12.7. The fraction of sp³-hybridized carbons (Fsp3) is 0.538. The highest BCUT2D eigenvalue weighted by Gasteiger charge is 2.31. The highest BCUT2D eigenvalue weighted by Crippen LogP contribution is 2.26. The van der Waals surface area contributed by atoms with Crippen LogP contribution in [0.2, 0.25) is 5.02 Å². The molecular weight excluding hydrogens is 318 g/mol. The Balaban J connectivity index is 2.30. The molecule has 1 aliphatic heterocycles. The summed E-state index contributed by atoms with van der Waals surface area (Å²) < 4.78 is 38.1. The Labute approximate surface area is 127 Å². The molecule has 112 valence electrons. The molecule has 0 N–H and O–H groups in total. The standard InChI is InChI=1S/C13H18ClNO3S2/c1-10-3-4-11(14)9-13(10)20(17,18)15(2)12-5-7-19(16)8-6-12/h3-4,9,12H,5-8H2,1-2H3. The minimum absolute atomic E-state index is 0.0870. The van der Waals surface area contributed by atoms with E-state index in [1.807, 2.05) is 0 Å². The number of sulfonamides is 1. The first-order valence-electron chi connectivity index (χ1n) is 6.41. The second-order valence-corrected chi connectivity index (χ2v) is 9.11. The van der Waals surface area contributed by atoms with Gasteiger partial charge in [-0.2, -0.15) is 4.31 Å². The van der Waals surface area contributed by atoms with Crippen molar-refractivity contribution >= 4 is 32.4 Å². The van der Waals surface area contributed by atoms with Crippen LogP contribution in [0.1, 0.15) is 18.4 Å². The lowest BCUT2D eigenvalue weighted by Crippen LogP contribution is -2.41. The van der Waals surface area contributed by atoms with Crippen LogP contribution in [0.4, 0.5) is 0 Å². The first kappa shape index (κ1) is 15.9.